The second-order valence-corrected chi connectivity index (χ2v) is 8.29. The van der Waals surface area contributed by atoms with Gasteiger partial charge in [0.05, 0.1) is 11.9 Å². The van der Waals surface area contributed by atoms with E-state index in [1.165, 1.54) is 0 Å². The topological polar surface area (TPSA) is 58.6 Å². The Bertz CT molecular complexity index is 412. The molecule has 0 bridgehead atoms. The molecule has 2 unspecified atom stereocenters. The lowest BCUT2D eigenvalue weighted by atomic mass is 9.87. The summed E-state index contributed by atoms with van der Waals surface area (Å²) < 4.78 is 32.2. The average Bonchev–Trinajstić information content (AvgIpc) is 3.02. The molecule has 3 aliphatic rings. The molecule has 3 saturated heterocycles. The quantitative estimate of drug-likeness (QED) is 0.825. The maximum absolute atomic E-state index is 12.5. The van der Waals surface area contributed by atoms with Crippen LogP contribution < -0.4 is 5.32 Å². The molecule has 1 N–H and O–H groups in total. The fraction of sp³-hybridized carbons (Fsp3) is 1.00. The predicted octanol–water partition coefficient (Wildman–Crippen LogP) is 0.571. The van der Waals surface area contributed by atoms with Crippen molar-refractivity contribution in [1.82, 2.24) is 9.62 Å². The van der Waals surface area contributed by atoms with Gasteiger partial charge in [0.1, 0.15) is 0 Å². The molecule has 110 valence electrons. The van der Waals surface area contributed by atoms with Gasteiger partial charge in [0, 0.05) is 26.2 Å². The zero-order valence-electron chi connectivity index (χ0n) is 11.4. The molecule has 1 spiro atoms. The van der Waals surface area contributed by atoms with Gasteiger partial charge in [-0.05, 0) is 44.1 Å². The molecule has 0 aromatic carbocycles. The number of rotatable bonds is 3. The molecule has 0 aromatic rings. The van der Waals surface area contributed by atoms with Crippen molar-refractivity contribution < 1.29 is 13.2 Å². The van der Waals surface area contributed by atoms with Crippen LogP contribution in [0.5, 0.6) is 0 Å². The largest absolute Gasteiger partial charge is 0.377 e. The van der Waals surface area contributed by atoms with Crippen molar-refractivity contribution in [3.05, 3.63) is 0 Å². The minimum Gasteiger partial charge on any atom is -0.377 e. The van der Waals surface area contributed by atoms with Crippen LogP contribution in [0.15, 0.2) is 0 Å². The number of nitrogens with one attached hydrogen (secondary N) is 1. The van der Waals surface area contributed by atoms with Crippen molar-refractivity contribution >= 4 is 10.0 Å². The lowest BCUT2D eigenvalue weighted by Crippen LogP contribution is -2.39. The third-order valence-corrected chi connectivity index (χ3v) is 6.69. The number of hydrogen-bond acceptors (Lipinski definition) is 4. The average molecular weight is 288 g/mol. The molecule has 3 aliphatic heterocycles. The van der Waals surface area contributed by atoms with Gasteiger partial charge in [-0.2, -0.15) is 0 Å². The van der Waals surface area contributed by atoms with E-state index in [2.05, 4.69) is 5.32 Å². The summed E-state index contributed by atoms with van der Waals surface area (Å²) in [7, 11) is -3.14. The Balaban J connectivity index is 1.61. The summed E-state index contributed by atoms with van der Waals surface area (Å²) in [6, 6.07) is 0. The summed E-state index contributed by atoms with van der Waals surface area (Å²) in [6.45, 7) is 4.11. The first-order valence-electron chi connectivity index (χ1n) is 7.40. The summed E-state index contributed by atoms with van der Waals surface area (Å²) in [6.07, 6.45) is 5.07. The minimum atomic E-state index is -3.14. The molecule has 3 rings (SSSR count). The van der Waals surface area contributed by atoms with Crippen LogP contribution >= 0.6 is 0 Å². The molecular weight excluding hydrogens is 264 g/mol. The highest BCUT2D eigenvalue weighted by atomic mass is 32.2. The van der Waals surface area contributed by atoms with E-state index in [4.69, 9.17) is 4.74 Å². The van der Waals surface area contributed by atoms with Crippen molar-refractivity contribution in [2.24, 2.45) is 5.41 Å². The van der Waals surface area contributed by atoms with Crippen LogP contribution in [0, 0.1) is 5.41 Å². The van der Waals surface area contributed by atoms with Crippen molar-refractivity contribution in [1.29, 1.82) is 0 Å². The van der Waals surface area contributed by atoms with Gasteiger partial charge in [-0.15, -0.1) is 0 Å². The first kappa shape index (κ1) is 13.8. The van der Waals surface area contributed by atoms with Crippen LogP contribution in [-0.4, -0.2) is 57.4 Å². The molecule has 0 saturated carbocycles. The number of ether oxygens (including phenoxy) is 1. The zero-order chi connectivity index (χ0) is 13.3. The van der Waals surface area contributed by atoms with Crippen LogP contribution in [0.3, 0.4) is 0 Å². The third kappa shape index (κ3) is 2.96. The summed E-state index contributed by atoms with van der Waals surface area (Å²) in [5.41, 5.74) is 0.209. The molecular formula is C13H24N2O3S. The van der Waals surface area contributed by atoms with E-state index in [9.17, 15) is 8.42 Å². The fourth-order valence-electron chi connectivity index (χ4n) is 3.55. The Morgan fingerprint density at radius 2 is 2.21 bits per heavy atom. The van der Waals surface area contributed by atoms with Gasteiger partial charge in [0.2, 0.25) is 10.0 Å². The highest BCUT2D eigenvalue weighted by Crippen LogP contribution is 2.37. The molecule has 6 heteroatoms. The Morgan fingerprint density at radius 3 is 2.89 bits per heavy atom. The molecule has 2 atom stereocenters. The predicted molar refractivity (Wildman–Crippen MR) is 73.5 cm³/mol. The monoisotopic (exact) mass is 288 g/mol. The summed E-state index contributed by atoms with van der Waals surface area (Å²) in [4.78, 5) is 0. The van der Waals surface area contributed by atoms with Crippen molar-refractivity contribution in [2.45, 2.75) is 38.2 Å². The normalized spacial score (nSPS) is 37.2. The smallest absolute Gasteiger partial charge is 0.216 e. The highest BCUT2D eigenvalue weighted by Gasteiger charge is 2.44. The Hall–Kier alpha value is -0.170. The molecule has 0 aliphatic carbocycles. The fourth-order valence-corrected chi connectivity index (χ4v) is 5.34. The van der Waals surface area contributed by atoms with Gasteiger partial charge in [-0.25, -0.2) is 12.7 Å². The number of hydrogen-bond donors (Lipinski definition) is 1. The van der Waals surface area contributed by atoms with Crippen LogP contribution in [0.1, 0.15) is 32.1 Å². The van der Waals surface area contributed by atoms with E-state index in [1.54, 1.807) is 4.31 Å². The van der Waals surface area contributed by atoms with Crippen LogP contribution in [0.2, 0.25) is 0 Å². The van der Waals surface area contributed by atoms with E-state index >= 15 is 0 Å². The standard InChI is InChI=1S/C13H24N2O3S/c16-19(17,9-12-3-1-2-8-18-12)15-7-5-13(11-15)4-6-14-10-13/h12,14H,1-11H2. The lowest BCUT2D eigenvalue weighted by Gasteiger charge is -2.26. The third-order valence-electron chi connectivity index (χ3n) is 4.80. The molecule has 19 heavy (non-hydrogen) atoms. The second-order valence-electron chi connectivity index (χ2n) is 6.28. The minimum absolute atomic E-state index is 0.0861. The van der Waals surface area contributed by atoms with Gasteiger partial charge >= 0.3 is 0 Å². The van der Waals surface area contributed by atoms with E-state index in [0.29, 0.717) is 19.7 Å². The maximum atomic E-state index is 12.5. The van der Waals surface area contributed by atoms with Gasteiger partial charge < -0.3 is 10.1 Å². The summed E-state index contributed by atoms with van der Waals surface area (Å²) >= 11 is 0. The van der Waals surface area contributed by atoms with Gasteiger partial charge in [0.25, 0.3) is 0 Å². The first-order valence-corrected chi connectivity index (χ1v) is 9.01. The Kier molecular flexibility index (Phi) is 3.86. The van der Waals surface area contributed by atoms with Crippen molar-refractivity contribution in [3.8, 4) is 0 Å². The summed E-state index contributed by atoms with van der Waals surface area (Å²) in [5, 5.41) is 3.36. The maximum Gasteiger partial charge on any atom is 0.216 e. The Morgan fingerprint density at radius 1 is 1.32 bits per heavy atom. The molecule has 3 heterocycles. The molecule has 0 radical (unpaired) electrons. The molecule has 0 aromatic heterocycles. The number of sulfonamides is 1. The van der Waals surface area contributed by atoms with Crippen LogP contribution in [-0.2, 0) is 14.8 Å². The second kappa shape index (κ2) is 5.31. The summed E-state index contributed by atoms with van der Waals surface area (Å²) in [5.74, 6) is 0.177. The molecule has 3 fully saturated rings. The zero-order valence-corrected chi connectivity index (χ0v) is 12.3. The van der Waals surface area contributed by atoms with Gasteiger partial charge in [-0.1, -0.05) is 0 Å². The van der Waals surface area contributed by atoms with Crippen LogP contribution in [0.4, 0.5) is 0 Å². The van der Waals surface area contributed by atoms with E-state index in [1.807, 2.05) is 0 Å². The van der Waals surface area contributed by atoms with Crippen molar-refractivity contribution in [3.63, 3.8) is 0 Å². The van der Waals surface area contributed by atoms with E-state index < -0.39 is 10.0 Å². The molecule has 0 amide bonds. The van der Waals surface area contributed by atoms with Gasteiger partial charge in [0.15, 0.2) is 0 Å². The Labute approximate surface area is 115 Å². The number of nitrogens with zero attached hydrogens (tertiary/aromatic N) is 1. The lowest BCUT2D eigenvalue weighted by molar-refractivity contribution is 0.0299. The van der Waals surface area contributed by atoms with E-state index in [-0.39, 0.29) is 17.3 Å². The van der Waals surface area contributed by atoms with Crippen molar-refractivity contribution in [2.75, 3.05) is 38.5 Å². The SMILES string of the molecule is O=S(=O)(CC1CCCCO1)N1CCC2(CCNC2)C1. The van der Waals surface area contributed by atoms with Gasteiger partial charge in [-0.3, -0.25) is 0 Å². The van der Waals surface area contributed by atoms with Crippen LogP contribution in [0.25, 0.3) is 0 Å². The first-order chi connectivity index (χ1) is 9.10. The molecule has 5 nitrogen and oxygen atoms in total. The highest BCUT2D eigenvalue weighted by molar-refractivity contribution is 7.89. The van der Waals surface area contributed by atoms with E-state index in [0.717, 1.165) is 45.2 Å².